The van der Waals surface area contributed by atoms with Gasteiger partial charge in [0.1, 0.15) is 11.2 Å². The SMILES string of the molecule is Cc1nn(-c2c(Cl)cccc2Cl)c(=O)c2cnc(Nc3ccc4c(c3)CCN(S(C)(=O)=O)C4)nc12. The van der Waals surface area contributed by atoms with Gasteiger partial charge >= 0.3 is 0 Å². The number of nitrogens with zero attached hydrogens (tertiary/aromatic N) is 5. The Bertz CT molecular complexity index is 1640. The molecule has 35 heavy (non-hydrogen) atoms. The Morgan fingerprint density at radius 1 is 1.09 bits per heavy atom. The highest BCUT2D eigenvalue weighted by Gasteiger charge is 2.23. The number of rotatable bonds is 4. The molecule has 1 aliphatic heterocycles. The van der Waals surface area contributed by atoms with E-state index in [0.29, 0.717) is 52.4 Å². The van der Waals surface area contributed by atoms with Crippen molar-refractivity contribution in [3.05, 3.63) is 79.8 Å². The second kappa shape index (κ2) is 8.87. The van der Waals surface area contributed by atoms with Gasteiger partial charge < -0.3 is 5.32 Å². The van der Waals surface area contributed by atoms with Crippen LogP contribution in [-0.4, -0.2) is 45.3 Å². The highest BCUT2D eigenvalue weighted by Crippen LogP contribution is 2.28. The van der Waals surface area contributed by atoms with Gasteiger partial charge in [0.25, 0.3) is 5.56 Å². The van der Waals surface area contributed by atoms with E-state index < -0.39 is 15.6 Å². The van der Waals surface area contributed by atoms with E-state index in [4.69, 9.17) is 23.2 Å². The van der Waals surface area contributed by atoms with Crippen LogP contribution >= 0.6 is 23.2 Å². The fraction of sp³-hybridized carbons (Fsp3) is 0.217. The summed E-state index contributed by atoms with van der Waals surface area (Å²) in [5.41, 5.74) is 3.57. The minimum absolute atomic E-state index is 0.283. The first-order valence-corrected chi connectivity index (χ1v) is 13.3. The first-order valence-electron chi connectivity index (χ1n) is 10.7. The molecule has 180 valence electrons. The molecule has 0 saturated heterocycles. The van der Waals surface area contributed by atoms with Crippen molar-refractivity contribution in [2.45, 2.75) is 19.9 Å². The molecule has 5 rings (SSSR count). The van der Waals surface area contributed by atoms with Crippen LogP contribution < -0.4 is 10.9 Å². The van der Waals surface area contributed by atoms with Gasteiger partial charge in [0, 0.05) is 25.0 Å². The number of benzene rings is 2. The van der Waals surface area contributed by atoms with E-state index in [-0.39, 0.29) is 5.39 Å². The molecule has 0 unspecified atom stereocenters. The number of aryl methyl sites for hydroxylation is 1. The second-order valence-corrected chi connectivity index (χ2v) is 11.1. The van der Waals surface area contributed by atoms with E-state index in [1.807, 2.05) is 18.2 Å². The standard InChI is InChI=1S/C23H20Cl2N6O3S/c1-13-20-17(22(32)31(29-13)21-18(24)4-3-5-19(21)25)11-26-23(28-20)27-16-7-6-15-12-30(35(2,33)34)9-8-14(15)10-16/h3-7,10-11H,8-9,12H2,1-2H3,(H,26,27,28). The zero-order valence-electron chi connectivity index (χ0n) is 18.8. The maximum absolute atomic E-state index is 13.1. The summed E-state index contributed by atoms with van der Waals surface area (Å²) in [6, 6.07) is 10.7. The number of para-hydroxylation sites is 1. The maximum atomic E-state index is 13.1. The molecule has 0 atom stereocenters. The first-order chi connectivity index (χ1) is 16.6. The van der Waals surface area contributed by atoms with Gasteiger partial charge in [-0.15, -0.1) is 0 Å². The van der Waals surface area contributed by atoms with E-state index in [9.17, 15) is 13.2 Å². The average Bonchev–Trinajstić information content (AvgIpc) is 2.81. The lowest BCUT2D eigenvalue weighted by Crippen LogP contribution is -2.35. The summed E-state index contributed by atoms with van der Waals surface area (Å²) in [7, 11) is -3.23. The quantitative estimate of drug-likeness (QED) is 0.426. The van der Waals surface area contributed by atoms with Gasteiger partial charge in [-0.05, 0) is 48.7 Å². The molecule has 12 heteroatoms. The molecule has 1 N–H and O–H groups in total. The predicted octanol–water partition coefficient (Wildman–Crippen LogP) is 3.85. The van der Waals surface area contributed by atoms with Crippen molar-refractivity contribution < 1.29 is 8.42 Å². The van der Waals surface area contributed by atoms with Gasteiger partial charge in [-0.1, -0.05) is 35.3 Å². The number of nitrogens with one attached hydrogen (secondary N) is 1. The Kier molecular flexibility index (Phi) is 6.00. The lowest BCUT2D eigenvalue weighted by Gasteiger charge is -2.27. The van der Waals surface area contributed by atoms with E-state index in [0.717, 1.165) is 16.8 Å². The van der Waals surface area contributed by atoms with E-state index in [1.54, 1.807) is 25.1 Å². The molecule has 0 amide bonds. The van der Waals surface area contributed by atoms with Gasteiger partial charge in [0.15, 0.2) is 0 Å². The summed E-state index contributed by atoms with van der Waals surface area (Å²) >= 11 is 12.6. The lowest BCUT2D eigenvalue weighted by atomic mass is 10.0. The predicted molar refractivity (Wildman–Crippen MR) is 136 cm³/mol. The fourth-order valence-corrected chi connectivity index (χ4v) is 5.45. The minimum Gasteiger partial charge on any atom is -0.324 e. The van der Waals surface area contributed by atoms with Crippen LogP contribution in [0.4, 0.5) is 11.6 Å². The van der Waals surface area contributed by atoms with Crippen LogP contribution in [0.5, 0.6) is 0 Å². The average molecular weight is 531 g/mol. The lowest BCUT2D eigenvalue weighted by molar-refractivity contribution is 0.395. The Morgan fingerprint density at radius 3 is 2.54 bits per heavy atom. The number of halogens is 2. The molecular formula is C23H20Cl2N6O3S. The molecule has 4 aromatic rings. The van der Waals surface area contributed by atoms with Crippen LogP contribution in [0.15, 0.2) is 47.4 Å². The zero-order valence-corrected chi connectivity index (χ0v) is 21.1. The first kappa shape index (κ1) is 23.7. The van der Waals surface area contributed by atoms with Crippen molar-refractivity contribution in [3.63, 3.8) is 0 Å². The molecular weight excluding hydrogens is 511 g/mol. The van der Waals surface area contributed by atoms with Crippen LogP contribution in [-0.2, 0) is 23.0 Å². The van der Waals surface area contributed by atoms with Gasteiger partial charge in [-0.25, -0.2) is 18.4 Å². The van der Waals surface area contributed by atoms with Gasteiger partial charge in [0.05, 0.1) is 27.4 Å². The van der Waals surface area contributed by atoms with Crippen molar-refractivity contribution >= 4 is 55.8 Å². The summed E-state index contributed by atoms with van der Waals surface area (Å²) in [5.74, 6) is 0.309. The second-order valence-electron chi connectivity index (χ2n) is 8.28. The monoisotopic (exact) mass is 530 g/mol. The molecule has 0 spiro atoms. The molecule has 0 fully saturated rings. The fourth-order valence-electron chi connectivity index (χ4n) is 4.09. The van der Waals surface area contributed by atoms with Crippen LogP contribution in [0.1, 0.15) is 16.8 Å². The van der Waals surface area contributed by atoms with Gasteiger partial charge in [-0.3, -0.25) is 4.79 Å². The van der Waals surface area contributed by atoms with Crippen molar-refractivity contribution in [3.8, 4) is 5.69 Å². The third-order valence-electron chi connectivity index (χ3n) is 5.86. The van der Waals surface area contributed by atoms with Crippen molar-refractivity contribution in [1.29, 1.82) is 0 Å². The molecule has 2 aromatic carbocycles. The Morgan fingerprint density at radius 2 is 1.83 bits per heavy atom. The normalized spacial score (nSPS) is 14.2. The summed E-state index contributed by atoms with van der Waals surface area (Å²) in [6.07, 6.45) is 3.29. The third kappa shape index (κ3) is 4.50. The highest BCUT2D eigenvalue weighted by atomic mass is 35.5. The van der Waals surface area contributed by atoms with Gasteiger partial charge in [-0.2, -0.15) is 14.1 Å². The zero-order chi connectivity index (χ0) is 24.9. The van der Waals surface area contributed by atoms with Gasteiger partial charge in [0.2, 0.25) is 16.0 Å². The van der Waals surface area contributed by atoms with E-state index >= 15 is 0 Å². The molecule has 9 nitrogen and oxygen atoms in total. The van der Waals surface area contributed by atoms with E-state index in [2.05, 4.69) is 20.4 Å². The van der Waals surface area contributed by atoms with Crippen molar-refractivity contribution in [2.24, 2.45) is 0 Å². The van der Waals surface area contributed by atoms with Crippen molar-refractivity contribution in [2.75, 3.05) is 18.1 Å². The Labute approximate surface area is 211 Å². The van der Waals surface area contributed by atoms with Crippen LogP contribution in [0.3, 0.4) is 0 Å². The number of aromatic nitrogens is 4. The molecule has 3 heterocycles. The molecule has 2 aromatic heterocycles. The molecule has 1 aliphatic rings. The number of hydrogen-bond donors (Lipinski definition) is 1. The number of fused-ring (bicyclic) bond motifs is 2. The van der Waals surface area contributed by atoms with Crippen LogP contribution in [0.25, 0.3) is 16.6 Å². The number of hydrogen-bond acceptors (Lipinski definition) is 7. The molecule has 0 saturated carbocycles. The number of anilines is 2. The minimum atomic E-state index is -3.23. The molecule has 0 radical (unpaired) electrons. The van der Waals surface area contributed by atoms with Crippen LogP contribution in [0, 0.1) is 6.92 Å². The molecule has 0 bridgehead atoms. The largest absolute Gasteiger partial charge is 0.324 e. The Hall–Kier alpha value is -3.05. The third-order valence-corrected chi connectivity index (χ3v) is 7.72. The summed E-state index contributed by atoms with van der Waals surface area (Å²) in [5, 5.41) is 8.44. The highest BCUT2D eigenvalue weighted by molar-refractivity contribution is 7.88. The number of sulfonamides is 1. The van der Waals surface area contributed by atoms with Crippen molar-refractivity contribution in [1.82, 2.24) is 24.1 Å². The topological polar surface area (TPSA) is 110 Å². The van der Waals surface area contributed by atoms with E-state index in [1.165, 1.54) is 21.4 Å². The van der Waals surface area contributed by atoms with Crippen LogP contribution in [0.2, 0.25) is 10.0 Å². The smallest absolute Gasteiger partial charge is 0.282 e. The molecule has 0 aliphatic carbocycles. The summed E-state index contributed by atoms with van der Waals surface area (Å²) < 4.78 is 26.3. The Balaban J connectivity index is 1.47. The maximum Gasteiger partial charge on any atom is 0.282 e. The summed E-state index contributed by atoms with van der Waals surface area (Å²) in [6.45, 7) is 2.54. The summed E-state index contributed by atoms with van der Waals surface area (Å²) in [4.78, 5) is 22.0.